The van der Waals surface area contributed by atoms with Crippen molar-refractivity contribution < 1.29 is 23.0 Å². The van der Waals surface area contributed by atoms with Gasteiger partial charge >= 0.3 is 6.18 Å². The van der Waals surface area contributed by atoms with Gasteiger partial charge in [0, 0.05) is 5.02 Å². The molecule has 3 N–H and O–H groups in total. The maximum absolute atomic E-state index is 12.5. The van der Waals surface area contributed by atoms with Gasteiger partial charge in [0.25, 0.3) is 0 Å². The van der Waals surface area contributed by atoms with Crippen molar-refractivity contribution in [1.82, 2.24) is 0 Å². The molecule has 0 bridgehead atoms. The first-order valence-electron chi connectivity index (χ1n) is 7.21. The highest BCUT2D eigenvalue weighted by Crippen LogP contribution is 2.30. The van der Waals surface area contributed by atoms with Gasteiger partial charge in [0.15, 0.2) is 6.10 Å². The second-order valence-corrected chi connectivity index (χ2v) is 5.83. The number of hydrogen-bond donors (Lipinski definition) is 2. The van der Waals surface area contributed by atoms with Crippen molar-refractivity contribution in [2.24, 2.45) is 5.73 Å². The van der Waals surface area contributed by atoms with E-state index in [9.17, 15) is 18.3 Å². The molecule has 3 unspecified atom stereocenters. The maximum atomic E-state index is 12.5. The van der Waals surface area contributed by atoms with Crippen LogP contribution in [0.1, 0.15) is 30.2 Å². The second kappa shape index (κ2) is 7.42. The van der Waals surface area contributed by atoms with Crippen LogP contribution in [0.3, 0.4) is 0 Å². The minimum absolute atomic E-state index is 0.0656. The third-order valence-corrected chi connectivity index (χ3v) is 3.84. The van der Waals surface area contributed by atoms with E-state index in [-0.39, 0.29) is 5.75 Å². The summed E-state index contributed by atoms with van der Waals surface area (Å²) >= 11 is 5.81. The lowest BCUT2D eigenvalue weighted by molar-refractivity contribution is -0.189. The summed E-state index contributed by atoms with van der Waals surface area (Å²) in [4.78, 5) is 0. The molecule has 7 heteroatoms. The van der Waals surface area contributed by atoms with Crippen molar-refractivity contribution in [1.29, 1.82) is 0 Å². The van der Waals surface area contributed by atoms with Crippen LogP contribution >= 0.6 is 11.6 Å². The largest absolute Gasteiger partial charge is 0.481 e. The average Bonchev–Trinajstić information content (AvgIpc) is 2.54. The van der Waals surface area contributed by atoms with E-state index in [0.717, 1.165) is 6.92 Å². The Kier molecular flexibility index (Phi) is 5.74. The monoisotopic (exact) mass is 359 g/mol. The highest BCUT2D eigenvalue weighted by molar-refractivity contribution is 6.30. The molecule has 2 rings (SSSR count). The molecule has 24 heavy (non-hydrogen) atoms. The van der Waals surface area contributed by atoms with Crippen LogP contribution in [-0.2, 0) is 0 Å². The summed E-state index contributed by atoms with van der Waals surface area (Å²) in [7, 11) is 0. The Bertz CT molecular complexity index is 659. The van der Waals surface area contributed by atoms with Gasteiger partial charge in [0.05, 0.1) is 12.1 Å². The summed E-state index contributed by atoms with van der Waals surface area (Å²) < 4.78 is 42.2. The van der Waals surface area contributed by atoms with Gasteiger partial charge in [-0.05, 0) is 42.3 Å². The molecule has 2 aromatic carbocycles. The van der Waals surface area contributed by atoms with Crippen LogP contribution < -0.4 is 10.5 Å². The van der Waals surface area contributed by atoms with Crippen LogP contribution in [0, 0.1) is 0 Å². The zero-order valence-electron chi connectivity index (χ0n) is 12.8. The fraction of sp³-hybridized carbons (Fsp3) is 0.294. The summed E-state index contributed by atoms with van der Waals surface area (Å²) in [5.74, 6) is 0.0656. The summed E-state index contributed by atoms with van der Waals surface area (Å²) in [6.07, 6.45) is -7.36. The van der Waals surface area contributed by atoms with Crippen LogP contribution in [-0.4, -0.2) is 17.4 Å². The molecule has 0 aliphatic rings. The molecule has 0 spiro atoms. The number of benzene rings is 2. The normalized spacial score (nSPS) is 15.6. The molecule has 2 aromatic rings. The lowest BCUT2D eigenvalue weighted by Crippen LogP contribution is -2.31. The molecule has 0 saturated heterocycles. The van der Waals surface area contributed by atoms with Gasteiger partial charge < -0.3 is 15.6 Å². The Morgan fingerprint density at radius 3 is 2.00 bits per heavy atom. The van der Waals surface area contributed by atoms with Gasteiger partial charge in [-0.1, -0.05) is 35.9 Å². The topological polar surface area (TPSA) is 55.5 Å². The molecule has 130 valence electrons. The number of aliphatic hydroxyl groups excluding tert-OH is 1. The molecule has 3 nitrogen and oxygen atoms in total. The molecular weight excluding hydrogens is 343 g/mol. The zero-order valence-corrected chi connectivity index (χ0v) is 13.6. The molecule has 0 amide bonds. The van der Waals surface area contributed by atoms with Crippen molar-refractivity contribution in [2.45, 2.75) is 31.3 Å². The quantitative estimate of drug-likeness (QED) is 0.831. The highest BCUT2D eigenvalue weighted by Gasteiger charge is 2.38. The Morgan fingerprint density at radius 2 is 1.50 bits per heavy atom. The summed E-state index contributed by atoms with van der Waals surface area (Å²) in [6.45, 7) is 0.930. The van der Waals surface area contributed by atoms with Crippen molar-refractivity contribution in [3.8, 4) is 5.75 Å². The lowest BCUT2D eigenvalue weighted by atomic mass is 9.96. The zero-order chi connectivity index (χ0) is 17.9. The van der Waals surface area contributed by atoms with E-state index < -0.39 is 24.4 Å². The third-order valence-electron chi connectivity index (χ3n) is 3.59. The highest BCUT2D eigenvalue weighted by atomic mass is 35.5. The molecule has 0 aliphatic heterocycles. The van der Waals surface area contributed by atoms with E-state index in [0.29, 0.717) is 16.1 Å². The molecule has 0 saturated carbocycles. The molecule has 0 aromatic heterocycles. The van der Waals surface area contributed by atoms with Crippen molar-refractivity contribution in [3.63, 3.8) is 0 Å². The fourth-order valence-corrected chi connectivity index (χ4v) is 2.22. The standard InChI is InChI=1S/C17H17ClF3NO2/c1-10(17(19,20)21)24-14-8-4-12(5-9-14)16(23)15(22)11-2-6-13(18)7-3-11/h2-10,15-16,23H,22H2,1H3. The Labute approximate surface area is 142 Å². The van der Waals surface area contributed by atoms with Gasteiger partial charge in [-0.2, -0.15) is 13.2 Å². The van der Waals surface area contributed by atoms with Gasteiger partial charge in [0.2, 0.25) is 0 Å². The Morgan fingerprint density at radius 1 is 1.00 bits per heavy atom. The van der Waals surface area contributed by atoms with E-state index >= 15 is 0 Å². The number of ether oxygens (including phenoxy) is 1. The van der Waals surface area contributed by atoms with Gasteiger partial charge in [0.1, 0.15) is 5.75 Å². The average molecular weight is 360 g/mol. The summed E-state index contributed by atoms with van der Waals surface area (Å²) in [5.41, 5.74) is 7.19. The Hall–Kier alpha value is -1.76. The van der Waals surface area contributed by atoms with E-state index in [2.05, 4.69) is 0 Å². The van der Waals surface area contributed by atoms with E-state index in [1.165, 1.54) is 24.3 Å². The molecular formula is C17H17ClF3NO2. The number of aliphatic hydroxyl groups is 1. The van der Waals surface area contributed by atoms with Crippen LogP contribution in [0.15, 0.2) is 48.5 Å². The van der Waals surface area contributed by atoms with Crippen molar-refractivity contribution in [2.75, 3.05) is 0 Å². The molecule has 0 heterocycles. The second-order valence-electron chi connectivity index (χ2n) is 5.39. The third kappa shape index (κ3) is 4.63. The van der Waals surface area contributed by atoms with Crippen LogP contribution in [0.2, 0.25) is 5.02 Å². The summed E-state index contributed by atoms with van der Waals surface area (Å²) in [6, 6.07) is 11.8. The molecule has 0 radical (unpaired) electrons. The van der Waals surface area contributed by atoms with Gasteiger partial charge in [-0.15, -0.1) is 0 Å². The van der Waals surface area contributed by atoms with Crippen molar-refractivity contribution in [3.05, 3.63) is 64.7 Å². The first kappa shape index (κ1) is 18.6. The number of alkyl halides is 3. The fourth-order valence-electron chi connectivity index (χ4n) is 2.09. The SMILES string of the molecule is CC(Oc1ccc(C(O)C(N)c2ccc(Cl)cc2)cc1)C(F)(F)F. The van der Waals surface area contributed by atoms with E-state index in [4.69, 9.17) is 22.1 Å². The van der Waals surface area contributed by atoms with E-state index in [1.54, 1.807) is 24.3 Å². The van der Waals surface area contributed by atoms with Crippen LogP contribution in [0.4, 0.5) is 13.2 Å². The smallest absolute Gasteiger partial charge is 0.425 e. The molecule has 0 fully saturated rings. The van der Waals surface area contributed by atoms with Gasteiger partial charge in [-0.25, -0.2) is 0 Å². The number of hydrogen-bond acceptors (Lipinski definition) is 3. The van der Waals surface area contributed by atoms with Crippen LogP contribution in [0.25, 0.3) is 0 Å². The number of rotatable bonds is 5. The Balaban J connectivity index is 2.08. The predicted molar refractivity (Wildman–Crippen MR) is 85.9 cm³/mol. The first-order valence-corrected chi connectivity index (χ1v) is 7.58. The number of halogens is 4. The van der Waals surface area contributed by atoms with Gasteiger partial charge in [-0.3, -0.25) is 0 Å². The van der Waals surface area contributed by atoms with Crippen molar-refractivity contribution >= 4 is 11.6 Å². The summed E-state index contributed by atoms with van der Waals surface area (Å²) in [5, 5.41) is 10.9. The van der Waals surface area contributed by atoms with Crippen LogP contribution in [0.5, 0.6) is 5.75 Å². The lowest BCUT2D eigenvalue weighted by Gasteiger charge is -2.21. The minimum Gasteiger partial charge on any atom is -0.481 e. The van der Waals surface area contributed by atoms with E-state index in [1.807, 2.05) is 0 Å². The maximum Gasteiger partial charge on any atom is 0.425 e. The molecule has 3 atom stereocenters. The number of nitrogens with two attached hydrogens (primary N) is 1. The minimum atomic E-state index is -4.44. The molecule has 0 aliphatic carbocycles. The predicted octanol–water partition coefficient (Wildman–Crippen LogP) is 4.40. The first-order chi connectivity index (χ1) is 11.2.